The predicted octanol–water partition coefficient (Wildman–Crippen LogP) is 3.34. The Hall–Kier alpha value is -3.19. The molecule has 3 heterocycles. The maximum Gasteiger partial charge on any atom is 0.326 e. The van der Waals surface area contributed by atoms with Crippen LogP contribution in [-0.4, -0.2) is 61.9 Å². The van der Waals surface area contributed by atoms with E-state index in [1.807, 2.05) is 4.72 Å². The molecule has 0 bridgehead atoms. The summed E-state index contributed by atoms with van der Waals surface area (Å²) >= 11 is 0. The van der Waals surface area contributed by atoms with Crippen LogP contribution in [-0.2, 0) is 10.0 Å². The van der Waals surface area contributed by atoms with E-state index in [1.54, 1.807) is 0 Å². The number of rotatable bonds is 4. The number of halogens is 4. The van der Waals surface area contributed by atoms with Crippen LogP contribution in [0.15, 0.2) is 40.9 Å². The normalized spacial score (nSPS) is 22.4. The van der Waals surface area contributed by atoms with Gasteiger partial charge >= 0.3 is 6.03 Å². The number of nitrogens with one attached hydrogen (secondary N) is 1. The van der Waals surface area contributed by atoms with E-state index < -0.39 is 58.7 Å². The third-order valence-corrected chi connectivity index (χ3v) is 6.74. The van der Waals surface area contributed by atoms with Crippen LogP contribution in [0.2, 0.25) is 0 Å². The number of nitrogens with zero attached hydrogens (tertiary/aromatic N) is 3. The molecule has 5 rings (SSSR count). The minimum Gasteiger partial charge on any atom is -0.354 e. The van der Waals surface area contributed by atoms with Crippen LogP contribution in [0.25, 0.3) is 22.1 Å². The zero-order valence-electron chi connectivity index (χ0n) is 17.6. The van der Waals surface area contributed by atoms with Crippen molar-refractivity contribution < 1.29 is 35.3 Å². The number of sulfonamides is 1. The third kappa shape index (κ3) is 3.68. The molecule has 2 aliphatic heterocycles. The molecule has 8 nitrogen and oxygen atoms in total. The molecule has 2 aromatic carbocycles. The molecule has 1 aromatic heterocycles. The van der Waals surface area contributed by atoms with Crippen LogP contribution >= 0.6 is 0 Å². The summed E-state index contributed by atoms with van der Waals surface area (Å²) in [4.78, 5) is 15.4. The second-order valence-electron chi connectivity index (χ2n) is 8.39. The predicted molar refractivity (Wildman–Crippen MR) is 114 cm³/mol. The summed E-state index contributed by atoms with van der Waals surface area (Å²) in [6.45, 7) is -0.736. The number of carbonyl (C=O) groups is 1. The Labute approximate surface area is 191 Å². The SMILES string of the molecule is CS(=O)(=O)NC1CN2C(=O)N(c3noc4cccc(-c5c(F)cccc5F)c34)CC2CC1(F)F. The zero-order valence-corrected chi connectivity index (χ0v) is 18.5. The highest BCUT2D eigenvalue weighted by atomic mass is 32.2. The molecular formula is C21H18F4N4O4S. The van der Waals surface area contributed by atoms with Crippen molar-refractivity contribution in [3.8, 4) is 11.1 Å². The Morgan fingerprint density at radius 1 is 1.12 bits per heavy atom. The zero-order chi connectivity index (χ0) is 24.4. The van der Waals surface area contributed by atoms with Gasteiger partial charge in [0.25, 0.3) is 5.92 Å². The highest BCUT2D eigenvalue weighted by molar-refractivity contribution is 7.88. The van der Waals surface area contributed by atoms with Gasteiger partial charge in [0.2, 0.25) is 10.0 Å². The highest BCUT2D eigenvalue weighted by Crippen LogP contribution is 2.42. The maximum atomic E-state index is 14.7. The first-order chi connectivity index (χ1) is 16.0. The third-order valence-electron chi connectivity index (χ3n) is 6.03. The number of anilines is 1. The van der Waals surface area contributed by atoms with E-state index in [0.29, 0.717) is 0 Å². The van der Waals surface area contributed by atoms with Gasteiger partial charge in [-0.3, -0.25) is 4.90 Å². The lowest BCUT2D eigenvalue weighted by Crippen LogP contribution is -2.61. The molecule has 0 saturated carbocycles. The lowest BCUT2D eigenvalue weighted by Gasteiger charge is -2.39. The van der Waals surface area contributed by atoms with Crippen molar-refractivity contribution in [3.63, 3.8) is 0 Å². The fourth-order valence-electron chi connectivity index (χ4n) is 4.57. The summed E-state index contributed by atoms with van der Waals surface area (Å²) in [5.74, 6) is -5.13. The molecule has 3 aromatic rings. The van der Waals surface area contributed by atoms with Gasteiger partial charge in [0.1, 0.15) is 17.7 Å². The monoisotopic (exact) mass is 498 g/mol. The van der Waals surface area contributed by atoms with Gasteiger partial charge in [0.15, 0.2) is 11.4 Å². The minimum absolute atomic E-state index is 0.0661. The first kappa shape index (κ1) is 22.6. The molecule has 180 valence electrons. The lowest BCUT2D eigenvalue weighted by atomic mass is 9.96. The first-order valence-corrected chi connectivity index (χ1v) is 12.1. The number of hydrogen-bond donors (Lipinski definition) is 1. The Bertz CT molecular complexity index is 1390. The summed E-state index contributed by atoms with van der Waals surface area (Å²) < 4.78 is 88.7. The van der Waals surface area contributed by atoms with Gasteiger partial charge in [-0.05, 0) is 18.2 Å². The number of aromatic nitrogens is 1. The van der Waals surface area contributed by atoms with Crippen molar-refractivity contribution >= 4 is 32.8 Å². The molecular weight excluding hydrogens is 480 g/mol. The number of hydrogen-bond acceptors (Lipinski definition) is 5. The van der Waals surface area contributed by atoms with E-state index >= 15 is 0 Å². The molecule has 2 atom stereocenters. The number of carbonyl (C=O) groups excluding carboxylic acids is 1. The van der Waals surface area contributed by atoms with E-state index in [2.05, 4.69) is 5.16 Å². The van der Waals surface area contributed by atoms with Crippen LogP contribution in [0, 0.1) is 11.6 Å². The second kappa shape index (κ2) is 7.67. The molecule has 2 saturated heterocycles. The summed E-state index contributed by atoms with van der Waals surface area (Å²) in [5.41, 5.74) is -0.107. The van der Waals surface area contributed by atoms with Gasteiger partial charge in [-0.1, -0.05) is 23.4 Å². The summed E-state index contributed by atoms with van der Waals surface area (Å²) in [7, 11) is -3.95. The van der Waals surface area contributed by atoms with E-state index in [1.165, 1.54) is 24.3 Å². The fourth-order valence-corrected chi connectivity index (χ4v) is 5.33. The van der Waals surface area contributed by atoms with E-state index in [-0.39, 0.29) is 34.5 Å². The van der Waals surface area contributed by atoms with E-state index in [9.17, 15) is 30.8 Å². The number of fused-ring (bicyclic) bond motifs is 2. The Morgan fingerprint density at radius 3 is 2.47 bits per heavy atom. The lowest BCUT2D eigenvalue weighted by molar-refractivity contribution is -0.0813. The van der Waals surface area contributed by atoms with Crippen molar-refractivity contribution in [2.45, 2.75) is 24.4 Å². The topological polar surface area (TPSA) is 95.8 Å². The van der Waals surface area contributed by atoms with Gasteiger partial charge in [0, 0.05) is 18.5 Å². The van der Waals surface area contributed by atoms with Crippen molar-refractivity contribution in [3.05, 3.63) is 48.0 Å². The number of benzene rings is 2. The Morgan fingerprint density at radius 2 is 1.79 bits per heavy atom. The molecule has 2 aliphatic rings. The minimum atomic E-state index is -3.95. The summed E-state index contributed by atoms with van der Waals surface area (Å²) in [6, 6.07) is 4.43. The number of urea groups is 1. The average Bonchev–Trinajstić information content (AvgIpc) is 3.28. The van der Waals surface area contributed by atoms with Crippen LogP contribution in [0.5, 0.6) is 0 Å². The summed E-state index contributed by atoms with van der Waals surface area (Å²) in [6.07, 6.45) is -0.00874. The Balaban J connectivity index is 1.56. The number of piperidine rings is 1. The van der Waals surface area contributed by atoms with Crippen LogP contribution in [0.3, 0.4) is 0 Å². The maximum absolute atomic E-state index is 14.7. The number of alkyl halides is 2. The van der Waals surface area contributed by atoms with Crippen molar-refractivity contribution in [1.82, 2.24) is 14.8 Å². The van der Waals surface area contributed by atoms with Gasteiger partial charge in [-0.25, -0.2) is 35.5 Å². The fraction of sp³-hybridized carbons (Fsp3) is 0.333. The second-order valence-corrected chi connectivity index (χ2v) is 10.2. The standard InChI is InChI=1S/C21H18F4N4O4S/c1-34(31,32)27-16-10-28-11(8-21(16,24)25)9-29(20(28)30)19-18-12(4-2-7-15(18)33-26-19)17-13(22)5-3-6-14(17)23/h2-7,11,16,27H,8-10H2,1H3. The van der Waals surface area contributed by atoms with Crippen molar-refractivity contribution in [1.29, 1.82) is 0 Å². The van der Waals surface area contributed by atoms with Gasteiger partial charge < -0.3 is 9.42 Å². The van der Waals surface area contributed by atoms with Crippen LogP contribution in [0.1, 0.15) is 6.42 Å². The molecule has 0 aliphatic carbocycles. The van der Waals surface area contributed by atoms with E-state index in [4.69, 9.17) is 4.52 Å². The number of amides is 2. The van der Waals surface area contributed by atoms with Crippen LogP contribution < -0.4 is 9.62 Å². The smallest absolute Gasteiger partial charge is 0.326 e. The Kier molecular flexibility index (Phi) is 5.09. The van der Waals surface area contributed by atoms with Gasteiger partial charge in [-0.15, -0.1) is 0 Å². The summed E-state index contributed by atoms with van der Waals surface area (Å²) in [5, 5.41) is 4.06. The van der Waals surface area contributed by atoms with Gasteiger partial charge in [0.05, 0.1) is 29.8 Å². The molecule has 1 N–H and O–H groups in total. The average molecular weight is 498 g/mol. The molecule has 0 radical (unpaired) electrons. The quantitative estimate of drug-likeness (QED) is 0.557. The van der Waals surface area contributed by atoms with Crippen LogP contribution in [0.4, 0.5) is 28.2 Å². The first-order valence-electron chi connectivity index (χ1n) is 10.2. The molecule has 0 spiro atoms. The molecule has 2 unspecified atom stereocenters. The molecule has 34 heavy (non-hydrogen) atoms. The molecule has 13 heteroatoms. The largest absolute Gasteiger partial charge is 0.354 e. The van der Waals surface area contributed by atoms with Crippen molar-refractivity contribution in [2.24, 2.45) is 0 Å². The van der Waals surface area contributed by atoms with Gasteiger partial charge in [-0.2, -0.15) is 0 Å². The molecule has 2 fully saturated rings. The highest BCUT2D eigenvalue weighted by Gasteiger charge is 2.55. The molecule has 2 amide bonds. The van der Waals surface area contributed by atoms with Crippen molar-refractivity contribution in [2.75, 3.05) is 24.2 Å². The van der Waals surface area contributed by atoms with E-state index in [0.717, 1.165) is 28.2 Å².